The van der Waals surface area contributed by atoms with Gasteiger partial charge < -0.3 is 29.0 Å². The first-order valence-electron chi connectivity index (χ1n) is 23.6. The van der Waals surface area contributed by atoms with Crippen LogP contribution in [0, 0.1) is 6.92 Å². The van der Waals surface area contributed by atoms with Crippen LogP contribution in [0.1, 0.15) is 158 Å². The molecule has 0 fully saturated rings. The van der Waals surface area contributed by atoms with Crippen LogP contribution < -0.4 is 29.0 Å². The molecule has 0 saturated carbocycles. The fourth-order valence-corrected chi connectivity index (χ4v) is 6.99. The van der Waals surface area contributed by atoms with E-state index in [4.69, 9.17) is 23.7 Å². The smallest absolute Gasteiger partial charge is 0.224 e. The van der Waals surface area contributed by atoms with Crippen molar-refractivity contribution in [3.8, 4) is 28.7 Å². The predicted octanol–water partition coefficient (Wildman–Crippen LogP) is 15.2. The van der Waals surface area contributed by atoms with Gasteiger partial charge in [0, 0.05) is 23.2 Å². The van der Waals surface area contributed by atoms with Crippen LogP contribution in [-0.2, 0) is 11.4 Å². The third kappa shape index (κ3) is 18.8. The van der Waals surface area contributed by atoms with E-state index in [-0.39, 0.29) is 5.91 Å². The number of ether oxygens (including phenoxy) is 5. The molecule has 0 aliphatic heterocycles. The molecule has 0 aliphatic rings. The number of carbonyl (C=O) groups is 1. The molecule has 4 aromatic rings. The van der Waals surface area contributed by atoms with Crippen LogP contribution >= 0.6 is 0 Å². The Labute approximate surface area is 374 Å². The zero-order chi connectivity index (χ0) is 44.0. The Hall–Kier alpha value is -5.17. The third-order valence-corrected chi connectivity index (χ3v) is 10.6. The maximum absolute atomic E-state index is 12.5. The van der Waals surface area contributed by atoms with Gasteiger partial charge in [-0.15, -0.1) is 0 Å². The van der Waals surface area contributed by atoms with E-state index in [9.17, 15) is 4.79 Å². The van der Waals surface area contributed by atoms with Gasteiger partial charge in [-0.1, -0.05) is 151 Å². The Morgan fingerprint density at radius 1 is 0.532 bits per heavy atom. The van der Waals surface area contributed by atoms with Crippen molar-refractivity contribution in [3.05, 3.63) is 113 Å². The molecule has 0 spiro atoms. The minimum absolute atomic E-state index is 0.0347. The Bertz CT molecular complexity index is 1870. The molecular formula is C55H75NO6. The maximum Gasteiger partial charge on any atom is 0.224 e. The first kappa shape index (κ1) is 49.5. The number of rotatable bonds is 32. The summed E-state index contributed by atoms with van der Waals surface area (Å²) in [5, 5.41) is 2.97. The molecule has 7 heteroatoms. The lowest BCUT2D eigenvalue weighted by Gasteiger charge is -2.20. The molecule has 4 rings (SSSR count). The van der Waals surface area contributed by atoms with Crippen molar-refractivity contribution < 1.29 is 28.5 Å². The van der Waals surface area contributed by atoms with E-state index in [0.717, 1.165) is 109 Å². The van der Waals surface area contributed by atoms with Crippen molar-refractivity contribution in [1.29, 1.82) is 0 Å². The van der Waals surface area contributed by atoms with Crippen LogP contribution in [0.3, 0.4) is 0 Å². The first-order valence-corrected chi connectivity index (χ1v) is 23.6. The van der Waals surface area contributed by atoms with Gasteiger partial charge in [-0.3, -0.25) is 4.79 Å². The largest absolute Gasteiger partial charge is 0.493 e. The van der Waals surface area contributed by atoms with Gasteiger partial charge in [-0.2, -0.15) is 0 Å². The normalized spacial score (nSPS) is 11.3. The van der Waals surface area contributed by atoms with Crippen LogP contribution in [0.15, 0.2) is 84.9 Å². The molecule has 336 valence electrons. The summed E-state index contributed by atoms with van der Waals surface area (Å²) in [7, 11) is 0. The highest BCUT2D eigenvalue weighted by atomic mass is 16.5. The van der Waals surface area contributed by atoms with Gasteiger partial charge in [0.1, 0.15) is 18.1 Å². The second-order valence-corrected chi connectivity index (χ2v) is 16.2. The van der Waals surface area contributed by atoms with E-state index in [1.54, 1.807) is 0 Å². The zero-order valence-electron chi connectivity index (χ0n) is 38.6. The summed E-state index contributed by atoms with van der Waals surface area (Å²) >= 11 is 0. The van der Waals surface area contributed by atoms with E-state index in [0.29, 0.717) is 45.2 Å². The van der Waals surface area contributed by atoms with Gasteiger partial charge in [-0.05, 0) is 99.9 Å². The maximum atomic E-state index is 12.5. The number of benzene rings is 4. The van der Waals surface area contributed by atoms with Crippen molar-refractivity contribution in [2.24, 2.45) is 0 Å². The molecule has 0 radical (unpaired) electrons. The van der Waals surface area contributed by atoms with Gasteiger partial charge in [0.2, 0.25) is 11.7 Å². The fourth-order valence-electron chi connectivity index (χ4n) is 6.99. The summed E-state index contributed by atoms with van der Waals surface area (Å²) in [6, 6.07) is 26.4. The molecule has 0 heterocycles. The lowest BCUT2D eigenvalue weighted by atomic mass is 10.1. The number of nitrogens with one attached hydrogen (secondary N) is 1. The van der Waals surface area contributed by atoms with Crippen molar-refractivity contribution in [3.63, 3.8) is 0 Å². The van der Waals surface area contributed by atoms with E-state index >= 15 is 0 Å². The molecule has 0 bridgehead atoms. The Kier molecular flexibility index (Phi) is 23.9. The summed E-state index contributed by atoms with van der Waals surface area (Å²) in [6.07, 6.45) is 24.8. The zero-order valence-corrected chi connectivity index (χ0v) is 38.6. The molecular weight excluding hydrogens is 771 g/mol. The highest BCUT2D eigenvalue weighted by molar-refractivity contribution is 5.90. The van der Waals surface area contributed by atoms with Crippen LogP contribution in [0.5, 0.6) is 28.7 Å². The van der Waals surface area contributed by atoms with Crippen molar-refractivity contribution in [1.82, 2.24) is 0 Å². The quantitative estimate of drug-likeness (QED) is 0.0390. The number of allylic oxidation sites excluding steroid dienone is 1. The topological polar surface area (TPSA) is 75.2 Å². The Balaban J connectivity index is 1.57. The standard InChI is InChI=1S/C55H75NO6/c1-6-10-13-21-36-59-52-39-46(40-53(60-37-22-14-11-7-2)55(52)61-38-23-15-12-8-3)43-62-51-41-47(25-9-4)50(42-48(51)34-33-45-31-29-44(5)30-32-45)58-35-24-17-20-28-54(57)56-49-26-18-16-19-27-49/h9,16,18-19,25-27,29-34,39-42H,6-8,10-15,17,20-24,28,35-38,43H2,1-5H3,(H,56,57)/b25-9+,34-33+. The minimum Gasteiger partial charge on any atom is -0.493 e. The molecule has 0 atom stereocenters. The molecule has 0 unspecified atom stereocenters. The lowest BCUT2D eigenvalue weighted by Crippen LogP contribution is -2.11. The predicted molar refractivity (Wildman–Crippen MR) is 260 cm³/mol. The monoisotopic (exact) mass is 846 g/mol. The summed E-state index contributed by atoms with van der Waals surface area (Å²) in [5.41, 5.74) is 5.95. The number of hydrogen-bond donors (Lipinski definition) is 1. The second kappa shape index (κ2) is 30.0. The summed E-state index contributed by atoms with van der Waals surface area (Å²) in [6.45, 7) is 13.5. The average molecular weight is 846 g/mol. The number of para-hydroxylation sites is 1. The molecule has 0 aliphatic carbocycles. The fraction of sp³-hybridized carbons (Fsp3) is 0.473. The summed E-state index contributed by atoms with van der Waals surface area (Å²) in [4.78, 5) is 12.5. The lowest BCUT2D eigenvalue weighted by molar-refractivity contribution is -0.116. The Morgan fingerprint density at radius 3 is 1.61 bits per heavy atom. The number of unbranched alkanes of at least 4 members (excludes halogenated alkanes) is 11. The molecule has 0 aromatic heterocycles. The average Bonchev–Trinajstić information content (AvgIpc) is 3.28. The van der Waals surface area contributed by atoms with Gasteiger partial charge in [0.15, 0.2) is 11.5 Å². The molecule has 7 nitrogen and oxygen atoms in total. The van der Waals surface area contributed by atoms with Crippen molar-refractivity contribution >= 4 is 29.8 Å². The SMILES string of the molecule is C/C=C/c1cc(OCc2cc(OCCCCCC)c(OCCCCCC)c(OCCCCCC)c2)c(/C=C/c2ccc(C)cc2)cc1OCCCCCC(=O)Nc1ccccc1. The number of amides is 1. The first-order chi connectivity index (χ1) is 30.4. The second-order valence-electron chi connectivity index (χ2n) is 16.2. The van der Waals surface area contributed by atoms with Gasteiger partial charge in [0.25, 0.3) is 0 Å². The van der Waals surface area contributed by atoms with Crippen LogP contribution in [0.25, 0.3) is 18.2 Å². The minimum atomic E-state index is 0.0347. The van der Waals surface area contributed by atoms with E-state index in [2.05, 4.69) is 99.8 Å². The van der Waals surface area contributed by atoms with E-state index in [1.807, 2.05) is 43.3 Å². The van der Waals surface area contributed by atoms with Crippen molar-refractivity contribution in [2.75, 3.05) is 31.7 Å². The highest BCUT2D eigenvalue weighted by Gasteiger charge is 2.18. The molecule has 1 N–H and O–H groups in total. The van der Waals surface area contributed by atoms with Gasteiger partial charge in [-0.25, -0.2) is 0 Å². The van der Waals surface area contributed by atoms with Gasteiger partial charge >= 0.3 is 0 Å². The number of aryl methyl sites for hydroxylation is 1. The van der Waals surface area contributed by atoms with Crippen LogP contribution in [0.2, 0.25) is 0 Å². The molecule has 0 saturated heterocycles. The highest BCUT2D eigenvalue weighted by Crippen LogP contribution is 2.40. The molecule has 62 heavy (non-hydrogen) atoms. The molecule has 4 aromatic carbocycles. The van der Waals surface area contributed by atoms with Gasteiger partial charge in [0.05, 0.1) is 26.4 Å². The third-order valence-electron chi connectivity index (χ3n) is 10.6. The number of anilines is 1. The van der Waals surface area contributed by atoms with Crippen LogP contribution in [0.4, 0.5) is 5.69 Å². The summed E-state index contributed by atoms with van der Waals surface area (Å²) < 4.78 is 32.7. The van der Waals surface area contributed by atoms with Crippen molar-refractivity contribution in [2.45, 2.75) is 144 Å². The van der Waals surface area contributed by atoms with E-state index < -0.39 is 0 Å². The van der Waals surface area contributed by atoms with E-state index in [1.165, 1.54) is 44.1 Å². The van der Waals surface area contributed by atoms with Crippen LogP contribution in [-0.4, -0.2) is 32.3 Å². The number of carbonyl (C=O) groups excluding carboxylic acids is 1. The summed E-state index contributed by atoms with van der Waals surface area (Å²) in [5.74, 6) is 3.71. The number of hydrogen-bond acceptors (Lipinski definition) is 6. The Morgan fingerprint density at radius 2 is 1.05 bits per heavy atom. The molecule has 1 amide bonds.